The number of carbonyl (C=O) groups excluding carboxylic acids is 1. The minimum absolute atomic E-state index is 0.0529. The molecule has 5 heteroatoms. The van der Waals surface area contributed by atoms with Crippen molar-refractivity contribution >= 4 is 23.2 Å². The van der Waals surface area contributed by atoms with Gasteiger partial charge in [-0.15, -0.1) is 0 Å². The molecule has 0 spiro atoms. The van der Waals surface area contributed by atoms with Gasteiger partial charge in [-0.25, -0.2) is 5.01 Å². The summed E-state index contributed by atoms with van der Waals surface area (Å²) in [7, 11) is 0. The number of hydrogen-bond acceptors (Lipinski definition) is 3. The number of hydrazone groups is 1. The van der Waals surface area contributed by atoms with Crippen LogP contribution in [0.25, 0.3) is 0 Å². The lowest BCUT2D eigenvalue weighted by molar-refractivity contribution is -0.134. The molecule has 152 valence electrons. The number of amides is 1. The highest BCUT2D eigenvalue weighted by Gasteiger charge is 2.35. The number of piperidine rings is 1. The van der Waals surface area contributed by atoms with Crippen molar-refractivity contribution < 1.29 is 4.79 Å². The summed E-state index contributed by atoms with van der Waals surface area (Å²) in [6, 6.07) is 14.0. The second kappa shape index (κ2) is 8.68. The molecule has 1 amide bonds. The van der Waals surface area contributed by atoms with Gasteiger partial charge in [0.15, 0.2) is 0 Å². The van der Waals surface area contributed by atoms with Gasteiger partial charge in [0.25, 0.3) is 5.91 Å². The van der Waals surface area contributed by atoms with Crippen LogP contribution in [0.15, 0.2) is 47.6 Å². The minimum atomic E-state index is -0.157. The molecule has 1 atom stereocenters. The van der Waals surface area contributed by atoms with E-state index in [4.69, 9.17) is 16.7 Å². The van der Waals surface area contributed by atoms with Crippen LogP contribution < -0.4 is 0 Å². The zero-order chi connectivity index (χ0) is 20.4. The topological polar surface area (TPSA) is 35.9 Å². The van der Waals surface area contributed by atoms with Crippen molar-refractivity contribution in [3.8, 4) is 0 Å². The quantitative estimate of drug-likeness (QED) is 0.702. The first kappa shape index (κ1) is 20.1. The number of hydrogen-bond donors (Lipinski definition) is 0. The second-order valence-electron chi connectivity index (χ2n) is 8.18. The van der Waals surface area contributed by atoms with Gasteiger partial charge in [-0.1, -0.05) is 53.9 Å². The average molecular weight is 410 g/mol. The largest absolute Gasteiger partial charge is 0.294 e. The molecule has 0 bridgehead atoms. The van der Waals surface area contributed by atoms with Crippen LogP contribution in [0.1, 0.15) is 54.0 Å². The summed E-state index contributed by atoms with van der Waals surface area (Å²) in [4.78, 5) is 15.5. The first-order chi connectivity index (χ1) is 14.0. The van der Waals surface area contributed by atoms with E-state index in [0.717, 1.165) is 42.8 Å². The van der Waals surface area contributed by atoms with Crippen LogP contribution in [0, 0.1) is 13.8 Å². The van der Waals surface area contributed by atoms with Crippen molar-refractivity contribution in [1.29, 1.82) is 0 Å². The highest BCUT2D eigenvalue weighted by atomic mass is 35.5. The SMILES string of the molecule is Cc1ccc(C)c(C2=NN(C(=O)CN3CCCCC3)C(c3ccccc3Cl)C2)c1. The molecule has 1 saturated heterocycles. The molecule has 0 N–H and O–H groups in total. The van der Waals surface area contributed by atoms with Gasteiger partial charge in [-0.2, -0.15) is 5.10 Å². The number of aryl methyl sites for hydroxylation is 2. The summed E-state index contributed by atoms with van der Waals surface area (Å²) < 4.78 is 0. The molecule has 29 heavy (non-hydrogen) atoms. The van der Waals surface area contributed by atoms with E-state index >= 15 is 0 Å². The Kier molecular flexibility index (Phi) is 6.02. The zero-order valence-electron chi connectivity index (χ0n) is 17.2. The Hall–Kier alpha value is -2.17. The first-order valence-electron chi connectivity index (χ1n) is 10.5. The summed E-state index contributed by atoms with van der Waals surface area (Å²) in [6.07, 6.45) is 4.27. The zero-order valence-corrected chi connectivity index (χ0v) is 18.0. The molecule has 2 aromatic rings. The molecule has 1 unspecified atom stereocenters. The highest BCUT2D eigenvalue weighted by Crippen LogP contribution is 2.37. The number of nitrogens with zero attached hydrogens (tertiary/aromatic N) is 3. The van der Waals surface area contributed by atoms with Gasteiger partial charge in [-0.3, -0.25) is 9.69 Å². The maximum absolute atomic E-state index is 13.3. The summed E-state index contributed by atoms with van der Waals surface area (Å²) >= 11 is 6.52. The number of rotatable bonds is 4. The number of benzene rings is 2. The van der Waals surface area contributed by atoms with Crippen molar-refractivity contribution in [3.63, 3.8) is 0 Å². The fourth-order valence-corrected chi connectivity index (χ4v) is 4.58. The van der Waals surface area contributed by atoms with Crippen LogP contribution in [0.3, 0.4) is 0 Å². The monoisotopic (exact) mass is 409 g/mol. The standard InChI is InChI=1S/C24H28ClN3O/c1-17-10-11-18(2)20(14-17)22-15-23(19-8-4-5-9-21(19)25)28(26-22)24(29)16-27-12-6-3-7-13-27/h4-5,8-11,14,23H,3,6-7,12-13,15-16H2,1-2H3. The van der Waals surface area contributed by atoms with Gasteiger partial charge in [0.05, 0.1) is 18.3 Å². The molecule has 0 saturated carbocycles. The molecule has 4 rings (SSSR count). The van der Waals surface area contributed by atoms with Gasteiger partial charge >= 0.3 is 0 Å². The number of likely N-dealkylation sites (tertiary alicyclic amines) is 1. The number of carbonyl (C=O) groups is 1. The summed E-state index contributed by atoms with van der Waals surface area (Å²) in [5, 5.41) is 7.21. The van der Waals surface area contributed by atoms with E-state index < -0.39 is 0 Å². The van der Waals surface area contributed by atoms with Crippen molar-refractivity contribution in [2.45, 2.75) is 45.6 Å². The van der Waals surface area contributed by atoms with Crippen LogP contribution in [0.4, 0.5) is 0 Å². The van der Waals surface area contributed by atoms with Crippen molar-refractivity contribution in [1.82, 2.24) is 9.91 Å². The third kappa shape index (κ3) is 4.39. The molecule has 2 aliphatic rings. The van der Waals surface area contributed by atoms with Crippen molar-refractivity contribution in [3.05, 3.63) is 69.7 Å². The number of halogens is 1. The molecule has 0 aliphatic carbocycles. The van der Waals surface area contributed by atoms with Gasteiger partial charge in [0, 0.05) is 17.0 Å². The predicted molar refractivity (Wildman–Crippen MR) is 118 cm³/mol. The maximum atomic E-state index is 13.3. The summed E-state index contributed by atoms with van der Waals surface area (Å²) in [6.45, 7) is 6.58. The lowest BCUT2D eigenvalue weighted by Crippen LogP contribution is -2.40. The molecule has 2 aromatic carbocycles. The summed E-state index contributed by atoms with van der Waals surface area (Å²) in [5.74, 6) is 0.0529. The lowest BCUT2D eigenvalue weighted by Gasteiger charge is -2.29. The third-order valence-corrected chi connectivity index (χ3v) is 6.29. The Balaban J connectivity index is 1.66. The fourth-order valence-electron chi connectivity index (χ4n) is 4.32. The molecule has 2 aliphatic heterocycles. The van der Waals surface area contributed by atoms with E-state index in [0.29, 0.717) is 18.0 Å². The Morgan fingerprint density at radius 2 is 1.86 bits per heavy atom. The molecule has 1 fully saturated rings. The second-order valence-corrected chi connectivity index (χ2v) is 8.59. The first-order valence-corrected chi connectivity index (χ1v) is 10.8. The van der Waals surface area contributed by atoms with Gasteiger partial charge in [0.1, 0.15) is 0 Å². The highest BCUT2D eigenvalue weighted by molar-refractivity contribution is 6.31. The van der Waals surface area contributed by atoms with E-state index in [1.54, 1.807) is 5.01 Å². The van der Waals surface area contributed by atoms with Crippen LogP contribution in [-0.4, -0.2) is 41.2 Å². The molecule has 0 aromatic heterocycles. The van der Waals surface area contributed by atoms with E-state index in [9.17, 15) is 4.79 Å². The molecule has 0 radical (unpaired) electrons. The average Bonchev–Trinajstić information content (AvgIpc) is 3.16. The van der Waals surface area contributed by atoms with Crippen molar-refractivity contribution in [2.24, 2.45) is 5.10 Å². The van der Waals surface area contributed by atoms with Crippen LogP contribution in [0.5, 0.6) is 0 Å². The maximum Gasteiger partial charge on any atom is 0.257 e. The molecule has 4 nitrogen and oxygen atoms in total. The predicted octanol–water partition coefficient (Wildman–Crippen LogP) is 5.12. The van der Waals surface area contributed by atoms with Crippen LogP contribution in [0.2, 0.25) is 5.02 Å². The third-order valence-electron chi connectivity index (χ3n) is 5.94. The van der Waals surface area contributed by atoms with Crippen LogP contribution in [-0.2, 0) is 4.79 Å². The summed E-state index contributed by atoms with van der Waals surface area (Å²) in [5.41, 5.74) is 5.42. The van der Waals surface area contributed by atoms with Gasteiger partial charge in [-0.05, 0) is 63.0 Å². The Morgan fingerprint density at radius 1 is 1.10 bits per heavy atom. The normalized spacial score (nSPS) is 20.0. The van der Waals surface area contributed by atoms with E-state index in [-0.39, 0.29) is 11.9 Å². The Labute approximate surface area is 178 Å². The Bertz CT molecular complexity index is 933. The Morgan fingerprint density at radius 3 is 2.62 bits per heavy atom. The van der Waals surface area contributed by atoms with E-state index in [1.807, 2.05) is 24.3 Å². The molecular formula is C24H28ClN3O. The molecule has 2 heterocycles. The van der Waals surface area contributed by atoms with Crippen molar-refractivity contribution in [2.75, 3.05) is 19.6 Å². The van der Waals surface area contributed by atoms with Gasteiger partial charge < -0.3 is 0 Å². The molecular weight excluding hydrogens is 382 g/mol. The fraction of sp³-hybridized carbons (Fsp3) is 0.417. The van der Waals surface area contributed by atoms with Gasteiger partial charge in [0.2, 0.25) is 0 Å². The van der Waals surface area contributed by atoms with E-state index in [1.165, 1.54) is 17.5 Å². The van der Waals surface area contributed by atoms with E-state index in [2.05, 4.69) is 36.9 Å². The van der Waals surface area contributed by atoms with Crippen LogP contribution >= 0.6 is 11.6 Å². The smallest absolute Gasteiger partial charge is 0.257 e. The minimum Gasteiger partial charge on any atom is -0.294 e. The lowest BCUT2D eigenvalue weighted by atomic mass is 9.95.